The highest BCUT2D eigenvalue weighted by Crippen LogP contribution is 2.35. The summed E-state index contributed by atoms with van der Waals surface area (Å²) in [6, 6.07) is 21.0. The third-order valence-electron chi connectivity index (χ3n) is 8.96. The smallest absolute Gasteiger partial charge is 0.332 e. The highest BCUT2D eigenvalue weighted by molar-refractivity contribution is 6.33. The number of benzene rings is 3. The van der Waals surface area contributed by atoms with Crippen molar-refractivity contribution in [2.75, 3.05) is 50.8 Å². The molecule has 3 heterocycles. The van der Waals surface area contributed by atoms with E-state index >= 15 is 0 Å². The Hall–Kier alpha value is -4.32. The number of anilines is 1. The number of phenolic OH excluding ortho intramolecular Hbond substituents is 1. The first-order chi connectivity index (χ1) is 22.8. The monoisotopic (exact) mass is 660 g/mol. The van der Waals surface area contributed by atoms with Gasteiger partial charge in [-0.05, 0) is 41.3 Å². The van der Waals surface area contributed by atoms with E-state index in [4.69, 9.17) is 16.3 Å². The summed E-state index contributed by atoms with van der Waals surface area (Å²) in [5.74, 6) is -0.256. The number of nitrogens with zero attached hydrogens (tertiary/aromatic N) is 5. The zero-order valence-corrected chi connectivity index (χ0v) is 27.3. The summed E-state index contributed by atoms with van der Waals surface area (Å²) in [6.45, 7) is 5.81. The number of ether oxygens (including phenoxy) is 1. The molecule has 3 fully saturated rings. The molecule has 248 valence electrons. The lowest BCUT2D eigenvalue weighted by atomic mass is 9.99. The number of aromatic hydroxyl groups is 1. The Morgan fingerprint density at radius 1 is 1.00 bits per heavy atom. The van der Waals surface area contributed by atoms with Crippen LogP contribution in [-0.4, -0.2) is 101 Å². The van der Waals surface area contributed by atoms with Crippen LogP contribution in [0.15, 0.2) is 72.8 Å². The lowest BCUT2D eigenvalue weighted by Gasteiger charge is -2.46. The number of carbonyl (C=O) groups is 3. The number of para-hydroxylation sites is 1. The summed E-state index contributed by atoms with van der Waals surface area (Å²) in [7, 11) is 0. The molecule has 0 saturated carbocycles. The predicted octanol–water partition coefficient (Wildman–Crippen LogP) is 3.84. The van der Waals surface area contributed by atoms with E-state index in [1.54, 1.807) is 39.1 Å². The minimum Gasteiger partial charge on any atom is -0.508 e. The number of urea groups is 1. The van der Waals surface area contributed by atoms with Crippen molar-refractivity contribution >= 4 is 35.1 Å². The Bertz CT molecular complexity index is 1570. The lowest BCUT2D eigenvalue weighted by molar-refractivity contribution is -0.157. The van der Waals surface area contributed by atoms with Crippen LogP contribution in [0.2, 0.25) is 5.02 Å². The number of rotatable bonds is 10. The molecule has 0 radical (unpaired) electrons. The molecule has 2 atom stereocenters. The predicted molar refractivity (Wildman–Crippen MR) is 179 cm³/mol. The summed E-state index contributed by atoms with van der Waals surface area (Å²) < 4.78 is 5.57. The summed E-state index contributed by atoms with van der Waals surface area (Å²) in [4.78, 5) is 47.5. The van der Waals surface area contributed by atoms with Gasteiger partial charge in [-0.15, -0.1) is 0 Å². The number of fused-ring (bicyclic) bond motifs is 1. The van der Waals surface area contributed by atoms with Gasteiger partial charge in [-0.1, -0.05) is 73.1 Å². The Balaban J connectivity index is 1.31. The van der Waals surface area contributed by atoms with Crippen molar-refractivity contribution in [3.63, 3.8) is 0 Å². The molecule has 0 unspecified atom stereocenters. The van der Waals surface area contributed by atoms with Crippen molar-refractivity contribution in [2.24, 2.45) is 0 Å². The molecule has 3 aliphatic rings. The van der Waals surface area contributed by atoms with Crippen LogP contribution in [0.25, 0.3) is 0 Å². The molecule has 2 N–H and O–H groups in total. The van der Waals surface area contributed by atoms with Crippen LogP contribution in [0.5, 0.6) is 5.75 Å². The number of amides is 4. The van der Waals surface area contributed by atoms with Crippen LogP contribution in [0.4, 0.5) is 10.5 Å². The first-order valence-corrected chi connectivity index (χ1v) is 16.6. The number of piperazine rings is 1. The Morgan fingerprint density at radius 2 is 1.74 bits per heavy atom. The van der Waals surface area contributed by atoms with E-state index in [0.717, 1.165) is 22.4 Å². The summed E-state index contributed by atoms with van der Waals surface area (Å²) >= 11 is 6.76. The fourth-order valence-corrected chi connectivity index (χ4v) is 7.02. The number of morpholine rings is 1. The number of hydrogen-bond acceptors (Lipinski definition) is 7. The van der Waals surface area contributed by atoms with Crippen molar-refractivity contribution in [1.29, 1.82) is 0 Å². The van der Waals surface area contributed by atoms with E-state index in [0.29, 0.717) is 57.4 Å². The normalized spacial score (nSPS) is 20.0. The molecule has 3 aromatic rings. The maximum Gasteiger partial charge on any atom is 0.332 e. The third kappa shape index (κ3) is 7.17. The second-order valence-corrected chi connectivity index (χ2v) is 12.5. The van der Waals surface area contributed by atoms with Gasteiger partial charge in [0.05, 0.1) is 37.0 Å². The van der Waals surface area contributed by atoms with Gasteiger partial charge < -0.3 is 29.9 Å². The number of hydrogen-bond donors (Lipinski definition) is 2. The van der Waals surface area contributed by atoms with Crippen LogP contribution in [0.1, 0.15) is 30.0 Å². The number of hydrazine groups is 1. The molecule has 0 bridgehead atoms. The van der Waals surface area contributed by atoms with Gasteiger partial charge in [-0.3, -0.25) is 14.6 Å². The maximum absolute atomic E-state index is 14.4. The highest BCUT2D eigenvalue weighted by Gasteiger charge is 2.52. The second-order valence-electron chi connectivity index (χ2n) is 12.1. The number of carbonyl (C=O) groups excluding carboxylic acids is 3. The molecule has 3 aliphatic heterocycles. The summed E-state index contributed by atoms with van der Waals surface area (Å²) in [5.41, 5.74) is 3.58. The van der Waals surface area contributed by atoms with Gasteiger partial charge in [-0.25, -0.2) is 4.79 Å². The van der Waals surface area contributed by atoms with Gasteiger partial charge >= 0.3 is 6.03 Å². The average Bonchev–Trinajstić information content (AvgIpc) is 3.41. The van der Waals surface area contributed by atoms with Gasteiger partial charge in [0, 0.05) is 39.1 Å². The lowest BCUT2D eigenvalue weighted by Crippen LogP contribution is -2.66. The zero-order valence-electron chi connectivity index (χ0n) is 26.6. The van der Waals surface area contributed by atoms with Gasteiger partial charge in [0.25, 0.3) is 0 Å². The molecule has 12 heteroatoms. The van der Waals surface area contributed by atoms with Crippen molar-refractivity contribution in [1.82, 2.24) is 25.1 Å². The Kier molecular flexibility index (Phi) is 10.1. The van der Waals surface area contributed by atoms with Gasteiger partial charge in [0.2, 0.25) is 11.8 Å². The number of nitrogens with one attached hydrogen (secondary N) is 1. The number of phenols is 1. The largest absolute Gasteiger partial charge is 0.508 e. The van der Waals surface area contributed by atoms with E-state index in [2.05, 4.69) is 10.2 Å². The highest BCUT2D eigenvalue weighted by atomic mass is 35.5. The standard InChI is InChI=1S/C35H41ClN6O5/c1-2-15-40(35(46)37-21-26-7-4-3-5-8-26)41-24-32(44)42-30(20-25-11-13-28(43)14-12-25)34(45)39(23-31(41)42)22-27-9-6-10-29(36)33(27)38-16-18-47-19-17-38/h3-14,30-31,43H,2,15-24H2,1H3,(H,37,46)/t30-,31+/m0/s1. The fourth-order valence-electron chi connectivity index (χ4n) is 6.70. The molecule has 0 aromatic heterocycles. The van der Waals surface area contributed by atoms with Gasteiger partial charge in [-0.2, -0.15) is 5.01 Å². The molecule has 3 saturated heterocycles. The molecule has 0 spiro atoms. The topological polar surface area (TPSA) is 109 Å². The summed E-state index contributed by atoms with van der Waals surface area (Å²) in [5, 5.41) is 16.9. The summed E-state index contributed by atoms with van der Waals surface area (Å²) in [6.07, 6.45) is 0.398. The SMILES string of the molecule is CCCN(C(=O)NCc1ccccc1)N1CC(=O)N2[C@@H](Cc3ccc(O)cc3)C(=O)N(Cc3cccc(Cl)c3N3CCOCC3)C[C@@H]21. The molecule has 3 aromatic carbocycles. The molecule has 11 nitrogen and oxygen atoms in total. The first kappa shape index (κ1) is 32.6. The van der Waals surface area contributed by atoms with Crippen LogP contribution >= 0.6 is 11.6 Å². The maximum atomic E-state index is 14.4. The number of halogens is 1. The van der Waals surface area contributed by atoms with E-state index < -0.39 is 12.2 Å². The minimum absolute atomic E-state index is 0.0210. The Morgan fingerprint density at radius 3 is 2.47 bits per heavy atom. The van der Waals surface area contributed by atoms with Crippen LogP contribution in [0.3, 0.4) is 0 Å². The van der Waals surface area contributed by atoms with Crippen molar-refractivity contribution in [3.05, 3.63) is 94.5 Å². The van der Waals surface area contributed by atoms with E-state index in [1.165, 1.54) is 0 Å². The quantitative estimate of drug-likeness (QED) is 0.340. The molecule has 0 aliphatic carbocycles. The van der Waals surface area contributed by atoms with Gasteiger partial charge in [0.1, 0.15) is 18.0 Å². The fraction of sp³-hybridized carbons (Fsp3) is 0.400. The molecule has 47 heavy (non-hydrogen) atoms. The van der Waals surface area contributed by atoms with Crippen LogP contribution in [-0.2, 0) is 33.8 Å². The minimum atomic E-state index is -0.794. The van der Waals surface area contributed by atoms with Crippen molar-refractivity contribution in [2.45, 2.75) is 45.1 Å². The Labute approximate surface area is 280 Å². The van der Waals surface area contributed by atoms with Gasteiger partial charge in [0.15, 0.2) is 0 Å². The average molecular weight is 661 g/mol. The van der Waals surface area contributed by atoms with E-state index in [9.17, 15) is 19.5 Å². The first-order valence-electron chi connectivity index (χ1n) is 16.2. The third-order valence-corrected chi connectivity index (χ3v) is 9.26. The van der Waals surface area contributed by atoms with Crippen molar-refractivity contribution < 1.29 is 24.2 Å². The second kappa shape index (κ2) is 14.6. The van der Waals surface area contributed by atoms with Crippen molar-refractivity contribution in [3.8, 4) is 5.75 Å². The van der Waals surface area contributed by atoms with E-state index in [-0.39, 0.29) is 43.1 Å². The molecular formula is C35H41ClN6O5. The molecular weight excluding hydrogens is 620 g/mol. The zero-order chi connectivity index (χ0) is 32.9. The molecule has 4 amide bonds. The molecule has 6 rings (SSSR count). The van der Waals surface area contributed by atoms with E-state index in [1.807, 2.05) is 60.5 Å². The van der Waals surface area contributed by atoms with Crippen LogP contribution < -0.4 is 10.2 Å². The van der Waals surface area contributed by atoms with Crippen LogP contribution in [0, 0.1) is 0 Å².